The average molecular weight is 266 g/mol. The molecule has 1 heterocycles. The van der Waals surface area contributed by atoms with Gasteiger partial charge in [-0.25, -0.2) is 0 Å². The van der Waals surface area contributed by atoms with E-state index in [-0.39, 0.29) is 11.3 Å². The summed E-state index contributed by atoms with van der Waals surface area (Å²) < 4.78 is 0. The molecule has 1 aliphatic heterocycles. The summed E-state index contributed by atoms with van der Waals surface area (Å²) in [5.74, 6) is 0.700. The van der Waals surface area contributed by atoms with Gasteiger partial charge in [-0.15, -0.1) is 0 Å². The summed E-state index contributed by atoms with van der Waals surface area (Å²) in [5.41, 5.74) is -0.319. The summed E-state index contributed by atoms with van der Waals surface area (Å²) in [6, 6.07) is 0. The Morgan fingerprint density at radius 2 is 1.74 bits per heavy atom. The minimum Gasteiger partial charge on any atom is -0.391 e. The minimum absolute atomic E-state index is 0.196. The quantitative estimate of drug-likeness (QED) is 0.597. The van der Waals surface area contributed by atoms with Crippen LogP contribution in [0.4, 0.5) is 0 Å². The first kappa shape index (κ1) is 15.5. The molecule has 1 rings (SSSR count). The van der Waals surface area contributed by atoms with Crippen LogP contribution in [0.5, 0.6) is 0 Å². The largest absolute Gasteiger partial charge is 0.391 e. The molecule has 1 aliphatic rings. The van der Waals surface area contributed by atoms with Gasteiger partial charge in [-0.05, 0) is 13.0 Å². The number of hydrogen-bond acceptors (Lipinski definition) is 3. The fraction of sp³-hybridized carbons (Fsp3) is 0.714. The van der Waals surface area contributed by atoms with Crippen LogP contribution in [0.3, 0.4) is 0 Å². The van der Waals surface area contributed by atoms with Crippen LogP contribution in [0.1, 0.15) is 27.7 Å². The predicted octanol–water partition coefficient (Wildman–Crippen LogP) is 1.28. The van der Waals surface area contributed by atoms with Crippen molar-refractivity contribution in [2.75, 3.05) is 32.7 Å². The number of amidine groups is 1. The molecule has 0 radical (unpaired) electrons. The summed E-state index contributed by atoms with van der Waals surface area (Å²) in [6.45, 7) is 11.6. The van der Waals surface area contributed by atoms with E-state index in [4.69, 9.17) is 5.41 Å². The second kappa shape index (κ2) is 6.59. The highest BCUT2D eigenvalue weighted by Gasteiger charge is 2.29. The molecule has 0 unspecified atom stereocenters. The first-order valence-corrected chi connectivity index (χ1v) is 6.89. The lowest BCUT2D eigenvalue weighted by Gasteiger charge is -2.38. The Hall–Kier alpha value is -1.52. The van der Waals surface area contributed by atoms with Gasteiger partial charge in [-0.2, -0.15) is 0 Å². The number of amides is 1. The standard InChI is InChI=1S/C14H26N4O/c1-5-16-7-6-12(15)17-8-10-18(11-9-17)13(19)14(2,3)4/h6-7,15-16H,5,8-11H2,1-4H3/b7-6-,15-12?. The number of nitrogens with zero attached hydrogens (tertiary/aromatic N) is 2. The van der Waals surface area contributed by atoms with Gasteiger partial charge in [0, 0.05) is 44.3 Å². The maximum absolute atomic E-state index is 12.1. The van der Waals surface area contributed by atoms with Crippen molar-refractivity contribution in [2.45, 2.75) is 27.7 Å². The highest BCUT2D eigenvalue weighted by atomic mass is 16.2. The second-order valence-corrected chi connectivity index (χ2v) is 5.81. The van der Waals surface area contributed by atoms with Crippen molar-refractivity contribution in [3.8, 4) is 0 Å². The highest BCUT2D eigenvalue weighted by Crippen LogP contribution is 2.18. The second-order valence-electron chi connectivity index (χ2n) is 5.81. The number of piperazine rings is 1. The molecule has 0 aromatic heterocycles. The normalized spacial score (nSPS) is 16.8. The highest BCUT2D eigenvalue weighted by molar-refractivity contribution is 5.90. The molecule has 1 saturated heterocycles. The first-order chi connectivity index (χ1) is 8.86. The zero-order chi connectivity index (χ0) is 14.5. The maximum Gasteiger partial charge on any atom is 0.228 e. The van der Waals surface area contributed by atoms with Gasteiger partial charge in [0.05, 0.1) is 0 Å². The van der Waals surface area contributed by atoms with Gasteiger partial charge in [0.1, 0.15) is 5.84 Å². The molecule has 0 aliphatic carbocycles. The Kier molecular flexibility index (Phi) is 5.39. The van der Waals surface area contributed by atoms with Crippen molar-refractivity contribution in [3.05, 3.63) is 12.3 Å². The fourth-order valence-corrected chi connectivity index (χ4v) is 1.99. The molecule has 108 valence electrons. The first-order valence-electron chi connectivity index (χ1n) is 6.89. The Morgan fingerprint density at radius 1 is 1.21 bits per heavy atom. The summed E-state index contributed by atoms with van der Waals surface area (Å²) in [7, 11) is 0. The molecule has 1 fully saturated rings. The average Bonchev–Trinajstić information content (AvgIpc) is 2.37. The van der Waals surface area contributed by atoms with Gasteiger partial charge in [-0.3, -0.25) is 10.2 Å². The fourth-order valence-electron chi connectivity index (χ4n) is 1.99. The van der Waals surface area contributed by atoms with Gasteiger partial charge in [0.2, 0.25) is 5.91 Å². The lowest BCUT2D eigenvalue weighted by atomic mass is 9.94. The molecule has 0 aromatic carbocycles. The van der Waals surface area contributed by atoms with Gasteiger partial charge in [0.15, 0.2) is 0 Å². The zero-order valence-electron chi connectivity index (χ0n) is 12.5. The van der Waals surface area contributed by atoms with E-state index >= 15 is 0 Å². The van der Waals surface area contributed by atoms with Gasteiger partial charge >= 0.3 is 0 Å². The van der Waals surface area contributed by atoms with Crippen molar-refractivity contribution in [2.24, 2.45) is 5.41 Å². The van der Waals surface area contributed by atoms with Crippen LogP contribution < -0.4 is 5.32 Å². The molecule has 0 spiro atoms. The lowest BCUT2D eigenvalue weighted by Crippen LogP contribution is -2.52. The van der Waals surface area contributed by atoms with Crippen LogP contribution in [0.2, 0.25) is 0 Å². The Morgan fingerprint density at radius 3 is 2.21 bits per heavy atom. The number of carbonyl (C=O) groups is 1. The van der Waals surface area contributed by atoms with Gasteiger partial charge in [-0.1, -0.05) is 20.8 Å². The minimum atomic E-state index is -0.319. The summed E-state index contributed by atoms with van der Waals surface area (Å²) in [6.07, 6.45) is 3.57. The smallest absolute Gasteiger partial charge is 0.228 e. The Bertz CT molecular complexity index is 349. The molecule has 2 N–H and O–H groups in total. The van der Waals surface area contributed by atoms with Gasteiger partial charge < -0.3 is 15.1 Å². The van der Waals surface area contributed by atoms with E-state index in [1.165, 1.54) is 0 Å². The summed E-state index contributed by atoms with van der Waals surface area (Å²) >= 11 is 0. The zero-order valence-corrected chi connectivity index (χ0v) is 12.5. The van der Waals surface area contributed by atoms with E-state index in [9.17, 15) is 4.79 Å². The molecule has 0 bridgehead atoms. The van der Waals surface area contributed by atoms with E-state index < -0.39 is 0 Å². The molecule has 0 saturated carbocycles. The number of carbonyl (C=O) groups excluding carboxylic acids is 1. The van der Waals surface area contributed by atoms with Crippen molar-refractivity contribution in [1.29, 1.82) is 5.41 Å². The number of nitrogens with one attached hydrogen (secondary N) is 2. The summed E-state index contributed by atoms with van der Waals surface area (Å²) in [5, 5.41) is 11.0. The molecule has 5 nitrogen and oxygen atoms in total. The van der Waals surface area contributed by atoms with Crippen molar-refractivity contribution < 1.29 is 4.79 Å². The molecule has 1 amide bonds. The van der Waals surface area contributed by atoms with Crippen molar-refractivity contribution in [3.63, 3.8) is 0 Å². The van der Waals surface area contributed by atoms with E-state index in [0.29, 0.717) is 18.9 Å². The molecule has 0 atom stereocenters. The Balaban J connectivity index is 2.45. The van der Waals surface area contributed by atoms with Crippen LogP contribution >= 0.6 is 0 Å². The number of rotatable bonds is 3. The van der Waals surface area contributed by atoms with E-state index in [1.54, 1.807) is 12.3 Å². The topological polar surface area (TPSA) is 59.4 Å². The van der Waals surface area contributed by atoms with Crippen LogP contribution in [0.15, 0.2) is 12.3 Å². The lowest BCUT2D eigenvalue weighted by molar-refractivity contribution is -0.140. The van der Waals surface area contributed by atoms with E-state index in [1.807, 2.05) is 37.5 Å². The van der Waals surface area contributed by atoms with E-state index in [2.05, 4.69) is 5.32 Å². The molecule has 5 heteroatoms. The number of hydrogen-bond donors (Lipinski definition) is 2. The van der Waals surface area contributed by atoms with Gasteiger partial charge in [0.25, 0.3) is 0 Å². The third-order valence-electron chi connectivity index (χ3n) is 3.11. The third kappa shape index (κ3) is 4.58. The maximum atomic E-state index is 12.1. The molecular weight excluding hydrogens is 240 g/mol. The van der Waals surface area contributed by atoms with Crippen LogP contribution in [0, 0.1) is 10.8 Å². The monoisotopic (exact) mass is 266 g/mol. The SMILES string of the molecule is CCN/C=C\C(=N)N1CCN(C(=O)C(C)(C)C)CC1. The summed E-state index contributed by atoms with van der Waals surface area (Å²) in [4.78, 5) is 16.0. The van der Waals surface area contributed by atoms with Crippen LogP contribution in [-0.2, 0) is 4.79 Å². The van der Waals surface area contributed by atoms with Crippen molar-refractivity contribution >= 4 is 11.7 Å². The van der Waals surface area contributed by atoms with Crippen LogP contribution in [-0.4, -0.2) is 54.3 Å². The Labute approximate surface area is 116 Å². The molecule has 19 heavy (non-hydrogen) atoms. The predicted molar refractivity (Wildman–Crippen MR) is 78.2 cm³/mol. The molecular formula is C14H26N4O. The van der Waals surface area contributed by atoms with E-state index in [0.717, 1.165) is 19.6 Å². The van der Waals surface area contributed by atoms with Crippen LogP contribution in [0.25, 0.3) is 0 Å². The van der Waals surface area contributed by atoms with Crippen molar-refractivity contribution in [1.82, 2.24) is 15.1 Å². The third-order valence-corrected chi connectivity index (χ3v) is 3.11. The molecule has 0 aromatic rings.